The minimum Gasteiger partial charge on any atom is -0.457 e. The molecule has 2 aromatic rings. The minimum absolute atomic E-state index is 0.162. The van der Waals surface area contributed by atoms with Crippen LogP contribution < -0.4 is 10.5 Å². The van der Waals surface area contributed by atoms with Crippen LogP contribution in [0, 0.1) is 0 Å². The van der Waals surface area contributed by atoms with E-state index >= 15 is 0 Å². The third-order valence-electron chi connectivity index (χ3n) is 3.02. The fourth-order valence-corrected chi connectivity index (χ4v) is 1.95. The standard InChI is InChI=1S/C16H18ClNO/c1-2-14(18)11-12-5-3-4-6-16(12)19-15-9-7-13(17)8-10-15/h3-10,14H,2,11,18H2,1H3. The second-order valence-corrected chi connectivity index (χ2v) is 4.97. The summed E-state index contributed by atoms with van der Waals surface area (Å²) < 4.78 is 5.90. The molecule has 19 heavy (non-hydrogen) atoms. The van der Waals surface area contributed by atoms with Crippen molar-refractivity contribution >= 4 is 11.6 Å². The van der Waals surface area contributed by atoms with Crippen molar-refractivity contribution in [3.05, 3.63) is 59.1 Å². The fourth-order valence-electron chi connectivity index (χ4n) is 1.83. The molecule has 2 aromatic carbocycles. The largest absolute Gasteiger partial charge is 0.457 e. The van der Waals surface area contributed by atoms with Crippen LogP contribution in [0.1, 0.15) is 18.9 Å². The SMILES string of the molecule is CCC(N)Cc1ccccc1Oc1ccc(Cl)cc1. The quantitative estimate of drug-likeness (QED) is 0.877. The summed E-state index contributed by atoms with van der Waals surface area (Å²) in [6.45, 7) is 2.09. The zero-order chi connectivity index (χ0) is 13.7. The molecule has 0 aromatic heterocycles. The van der Waals surface area contributed by atoms with E-state index in [-0.39, 0.29) is 6.04 Å². The number of ether oxygens (including phenoxy) is 1. The highest BCUT2D eigenvalue weighted by Crippen LogP contribution is 2.27. The number of rotatable bonds is 5. The molecular weight excluding hydrogens is 258 g/mol. The van der Waals surface area contributed by atoms with Gasteiger partial charge in [-0.05, 0) is 48.7 Å². The number of hydrogen-bond donors (Lipinski definition) is 1. The molecule has 0 heterocycles. The number of benzene rings is 2. The van der Waals surface area contributed by atoms with Gasteiger partial charge in [-0.3, -0.25) is 0 Å². The van der Waals surface area contributed by atoms with E-state index in [0.29, 0.717) is 5.02 Å². The Kier molecular flexibility index (Phi) is 4.83. The first kappa shape index (κ1) is 13.9. The molecule has 2 N–H and O–H groups in total. The second kappa shape index (κ2) is 6.60. The topological polar surface area (TPSA) is 35.2 Å². The van der Waals surface area contributed by atoms with Crippen molar-refractivity contribution in [1.29, 1.82) is 0 Å². The highest BCUT2D eigenvalue weighted by molar-refractivity contribution is 6.30. The molecular formula is C16H18ClNO. The van der Waals surface area contributed by atoms with Gasteiger partial charge in [-0.15, -0.1) is 0 Å². The van der Waals surface area contributed by atoms with Gasteiger partial charge in [0.2, 0.25) is 0 Å². The second-order valence-electron chi connectivity index (χ2n) is 4.54. The van der Waals surface area contributed by atoms with Gasteiger partial charge in [-0.1, -0.05) is 36.7 Å². The predicted molar refractivity (Wildman–Crippen MR) is 79.9 cm³/mol. The predicted octanol–water partition coefficient (Wildman–Crippen LogP) is 4.41. The molecule has 1 atom stereocenters. The van der Waals surface area contributed by atoms with Crippen molar-refractivity contribution in [3.8, 4) is 11.5 Å². The third-order valence-corrected chi connectivity index (χ3v) is 3.27. The van der Waals surface area contributed by atoms with Crippen LogP contribution in [0.2, 0.25) is 5.02 Å². The number of halogens is 1. The van der Waals surface area contributed by atoms with Crippen molar-refractivity contribution in [2.24, 2.45) is 5.73 Å². The van der Waals surface area contributed by atoms with Crippen molar-refractivity contribution < 1.29 is 4.74 Å². The van der Waals surface area contributed by atoms with Crippen LogP contribution in [-0.4, -0.2) is 6.04 Å². The summed E-state index contributed by atoms with van der Waals surface area (Å²) in [5, 5.41) is 0.702. The maximum Gasteiger partial charge on any atom is 0.130 e. The molecule has 0 fully saturated rings. The highest BCUT2D eigenvalue weighted by Gasteiger charge is 2.08. The monoisotopic (exact) mass is 275 g/mol. The molecule has 2 rings (SSSR count). The van der Waals surface area contributed by atoms with Crippen molar-refractivity contribution in [1.82, 2.24) is 0 Å². The first-order valence-corrected chi connectivity index (χ1v) is 6.83. The normalized spacial score (nSPS) is 12.2. The fraction of sp³-hybridized carbons (Fsp3) is 0.250. The van der Waals surface area contributed by atoms with E-state index in [1.165, 1.54) is 0 Å². The van der Waals surface area contributed by atoms with Crippen molar-refractivity contribution in [3.63, 3.8) is 0 Å². The Hall–Kier alpha value is -1.51. The van der Waals surface area contributed by atoms with E-state index in [1.807, 2.05) is 42.5 Å². The number of hydrogen-bond acceptors (Lipinski definition) is 2. The molecule has 100 valence electrons. The Labute approximate surface area is 119 Å². The van der Waals surface area contributed by atoms with Crippen LogP contribution >= 0.6 is 11.6 Å². The van der Waals surface area contributed by atoms with Gasteiger partial charge >= 0.3 is 0 Å². The van der Waals surface area contributed by atoms with E-state index in [9.17, 15) is 0 Å². The first-order valence-electron chi connectivity index (χ1n) is 6.46. The van der Waals surface area contributed by atoms with E-state index in [2.05, 4.69) is 13.0 Å². The van der Waals surface area contributed by atoms with Crippen LogP contribution in [0.25, 0.3) is 0 Å². The van der Waals surface area contributed by atoms with Crippen LogP contribution in [0.3, 0.4) is 0 Å². The van der Waals surface area contributed by atoms with Crippen LogP contribution in [0.4, 0.5) is 0 Å². The smallest absolute Gasteiger partial charge is 0.130 e. The van der Waals surface area contributed by atoms with E-state index in [1.54, 1.807) is 0 Å². The molecule has 1 unspecified atom stereocenters. The molecule has 0 bridgehead atoms. The summed E-state index contributed by atoms with van der Waals surface area (Å²) in [5.41, 5.74) is 7.15. The van der Waals surface area contributed by atoms with Gasteiger partial charge in [0.1, 0.15) is 11.5 Å². The zero-order valence-corrected chi connectivity index (χ0v) is 11.7. The third kappa shape index (κ3) is 3.98. The van der Waals surface area contributed by atoms with Gasteiger partial charge in [0.25, 0.3) is 0 Å². The van der Waals surface area contributed by atoms with Gasteiger partial charge in [-0.25, -0.2) is 0 Å². The van der Waals surface area contributed by atoms with E-state index < -0.39 is 0 Å². The van der Waals surface area contributed by atoms with Crippen molar-refractivity contribution in [2.75, 3.05) is 0 Å². The average molecular weight is 276 g/mol. The van der Waals surface area contributed by atoms with Gasteiger partial charge in [0, 0.05) is 11.1 Å². The molecule has 3 heteroatoms. The molecule has 0 spiro atoms. The lowest BCUT2D eigenvalue weighted by atomic mass is 10.0. The lowest BCUT2D eigenvalue weighted by Crippen LogP contribution is -2.21. The molecule has 2 nitrogen and oxygen atoms in total. The Morgan fingerprint density at radius 3 is 2.47 bits per heavy atom. The van der Waals surface area contributed by atoms with Gasteiger partial charge in [0.15, 0.2) is 0 Å². The first-order chi connectivity index (χ1) is 9.19. The zero-order valence-electron chi connectivity index (χ0n) is 11.0. The average Bonchev–Trinajstić information content (AvgIpc) is 2.43. The molecule has 0 radical (unpaired) electrons. The Bertz CT molecular complexity index is 525. The van der Waals surface area contributed by atoms with Crippen molar-refractivity contribution in [2.45, 2.75) is 25.8 Å². The summed E-state index contributed by atoms with van der Waals surface area (Å²) in [6.07, 6.45) is 1.77. The van der Waals surface area contributed by atoms with Crippen LogP contribution in [0.15, 0.2) is 48.5 Å². The molecule has 0 amide bonds. The summed E-state index contributed by atoms with van der Waals surface area (Å²) >= 11 is 5.86. The minimum atomic E-state index is 0.162. The van der Waals surface area contributed by atoms with Gasteiger partial charge in [0.05, 0.1) is 0 Å². The van der Waals surface area contributed by atoms with E-state index in [4.69, 9.17) is 22.1 Å². The Morgan fingerprint density at radius 1 is 1.11 bits per heavy atom. The summed E-state index contributed by atoms with van der Waals surface area (Å²) in [7, 11) is 0. The number of para-hydroxylation sites is 1. The summed E-state index contributed by atoms with van der Waals surface area (Å²) in [5.74, 6) is 1.63. The van der Waals surface area contributed by atoms with Crippen LogP contribution in [-0.2, 0) is 6.42 Å². The lowest BCUT2D eigenvalue weighted by molar-refractivity contribution is 0.472. The molecule has 0 saturated heterocycles. The highest BCUT2D eigenvalue weighted by atomic mass is 35.5. The summed E-state index contributed by atoms with van der Waals surface area (Å²) in [4.78, 5) is 0. The van der Waals surface area contributed by atoms with Gasteiger partial charge < -0.3 is 10.5 Å². The summed E-state index contributed by atoms with van der Waals surface area (Å²) in [6, 6.07) is 15.5. The molecule has 0 aliphatic heterocycles. The Balaban J connectivity index is 2.17. The molecule has 0 saturated carbocycles. The molecule has 0 aliphatic carbocycles. The lowest BCUT2D eigenvalue weighted by Gasteiger charge is -2.14. The number of nitrogens with two attached hydrogens (primary N) is 1. The maximum absolute atomic E-state index is 6.01. The van der Waals surface area contributed by atoms with E-state index in [0.717, 1.165) is 29.9 Å². The Morgan fingerprint density at radius 2 is 1.79 bits per heavy atom. The van der Waals surface area contributed by atoms with Gasteiger partial charge in [-0.2, -0.15) is 0 Å². The maximum atomic E-state index is 6.01. The van der Waals surface area contributed by atoms with Crippen LogP contribution in [0.5, 0.6) is 11.5 Å². The molecule has 0 aliphatic rings.